The van der Waals surface area contributed by atoms with Crippen LogP contribution in [0.3, 0.4) is 0 Å². The number of hydrogen-bond donors (Lipinski definition) is 2. The van der Waals surface area contributed by atoms with Crippen molar-refractivity contribution in [3.63, 3.8) is 0 Å². The maximum absolute atomic E-state index is 11.6. The molecule has 114 valence electrons. The van der Waals surface area contributed by atoms with Gasteiger partial charge in [0.05, 0.1) is 12.2 Å². The van der Waals surface area contributed by atoms with Crippen molar-refractivity contribution >= 4 is 16.9 Å². The first kappa shape index (κ1) is 13.6. The van der Waals surface area contributed by atoms with E-state index >= 15 is 0 Å². The molecule has 0 atom stereocenters. The molecule has 0 fully saturated rings. The largest absolute Gasteiger partial charge is 0.492 e. The number of carboxylic acids is 1. The number of benzene rings is 2. The summed E-state index contributed by atoms with van der Waals surface area (Å²) < 4.78 is 5.72. The van der Waals surface area contributed by atoms with Crippen molar-refractivity contribution in [1.82, 2.24) is 4.98 Å². The molecular formula is C18H13NO4. The summed E-state index contributed by atoms with van der Waals surface area (Å²) in [6.07, 6.45) is 0.879. The first-order valence-electron chi connectivity index (χ1n) is 7.29. The number of rotatable bonds is 2. The quantitative estimate of drug-likeness (QED) is 0.763. The number of fused-ring (bicyclic) bond motifs is 2. The van der Waals surface area contributed by atoms with Crippen molar-refractivity contribution in [1.29, 1.82) is 0 Å². The first-order chi connectivity index (χ1) is 11.1. The lowest BCUT2D eigenvalue weighted by molar-refractivity contribution is 0.0699. The maximum atomic E-state index is 11.6. The van der Waals surface area contributed by atoms with E-state index in [2.05, 4.69) is 4.98 Å². The maximum Gasteiger partial charge on any atom is 0.336 e. The fourth-order valence-electron chi connectivity index (χ4n) is 3.04. The molecule has 5 heteroatoms. The molecule has 4 rings (SSSR count). The Balaban J connectivity index is 1.98. The fourth-order valence-corrected chi connectivity index (χ4v) is 3.04. The van der Waals surface area contributed by atoms with Gasteiger partial charge in [-0.1, -0.05) is 24.3 Å². The number of hydrogen-bond acceptors (Lipinski definition) is 3. The van der Waals surface area contributed by atoms with Gasteiger partial charge in [-0.15, -0.1) is 0 Å². The highest BCUT2D eigenvalue weighted by molar-refractivity contribution is 6.03. The zero-order valence-electron chi connectivity index (χ0n) is 12.1. The topological polar surface area (TPSA) is 79.4 Å². The lowest BCUT2D eigenvalue weighted by Crippen LogP contribution is -2.10. The van der Waals surface area contributed by atoms with Crippen LogP contribution in [0.15, 0.2) is 47.3 Å². The van der Waals surface area contributed by atoms with Gasteiger partial charge in [-0.25, -0.2) is 4.79 Å². The Morgan fingerprint density at radius 1 is 1.17 bits per heavy atom. The van der Waals surface area contributed by atoms with E-state index < -0.39 is 11.5 Å². The Bertz CT molecular complexity index is 1000. The SMILES string of the molecule is O=C(O)c1cc(=O)[nH]c2ccc(-c3cccc4c3OCC4)cc12. The molecule has 23 heavy (non-hydrogen) atoms. The Morgan fingerprint density at radius 3 is 2.87 bits per heavy atom. The molecule has 0 unspecified atom stereocenters. The van der Waals surface area contributed by atoms with Crippen molar-refractivity contribution < 1.29 is 14.6 Å². The van der Waals surface area contributed by atoms with Crippen LogP contribution in [0.25, 0.3) is 22.0 Å². The lowest BCUT2D eigenvalue weighted by atomic mass is 9.98. The molecular weight excluding hydrogens is 294 g/mol. The van der Waals surface area contributed by atoms with Crippen LogP contribution in [0.1, 0.15) is 15.9 Å². The van der Waals surface area contributed by atoms with Crippen LogP contribution in [-0.4, -0.2) is 22.7 Å². The van der Waals surface area contributed by atoms with E-state index in [0.29, 0.717) is 17.5 Å². The summed E-state index contributed by atoms with van der Waals surface area (Å²) in [6.45, 7) is 0.660. The van der Waals surface area contributed by atoms with E-state index in [0.717, 1.165) is 34.9 Å². The number of nitrogens with one attached hydrogen (secondary N) is 1. The molecule has 0 radical (unpaired) electrons. The van der Waals surface area contributed by atoms with Crippen molar-refractivity contribution in [2.75, 3.05) is 6.61 Å². The standard InChI is InChI=1S/C18H13NO4/c20-16-9-14(18(21)22)13-8-11(4-5-15(13)19-16)12-3-1-2-10-6-7-23-17(10)12/h1-5,8-9H,6-7H2,(H,19,20)(H,21,22). The summed E-state index contributed by atoms with van der Waals surface area (Å²) in [4.78, 5) is 25.7. The second kappa shape index (κ2) is 4.98. The van der Waals surface area contributed by atoms with Crippen LogP contribution in [0.5, 0.6) is 5.75 Å². The van der Waals surface area contributed by atoms with Crippen LogP contribution in [-0.2, 0) is 6.42 Å². The number of aromatic amines is 1. The number of aromatic carboxylic acids is 1. The number of carboxylic acid groups (broad SMARTS) is 1. The Hall–Kier alpha value is -3.08. The predicted molar refractivity (Wildman–Crippen MR) is 86.2 cm³/mol. The van der Waals surface area contributed by atoms with Crippen LogP contribution < -0.4 is 10.3 Å². The van der Waals surface area contributed by atoms with Crippen molar-refractivity contribution in [3.8, 4) is 16.9 Å². The molecule has 0 aliphatic carbocycles. The van der Waals surface area contributed by atoms with Gasteiger partial charge in [0, 0.05) is 29.0 Å². The summed E-state index contributed by atoms with van der Waals surface area (Å²) in [6, 6.07) is 12.4. The van der Waals surface area contributed by atoms with Gasteiger partial charge >= 0.3 is 5.97 Å². The molecule has 2 N–H and O–H groups in total. The van der Waals surface area contributed by atoms with E-state index in [9.17, 15) is 14.7 Å². The fraction of sp³-hybridized carbons (Fsp3) is 0.111. The molecule has 0 amide bonds. The second-order valence-electron chi connectivity index (χ2n) is 5.51. The average molecular weight is 307 g/mol. The van der Waals surface area contributed by atoms with Gasteiger partial charge in [-0.3, -0.25) is 4.79 Å². The number of pyridine rings is 1. The highest BCUT2D eigenvalue weighted by Crippen LogP contribution is 2.37. The number of aromatic nitrogens is 1. The molecule has 0 saturated carbocycles. The minimum Gasteiger partial charge on any atom is -0.492 e. The number of ether oxygens (including phenoxy) is 1. The third kappa shape index (κ3) is 2.17. The highest BCUT2D eigenvalue weighted by Gasteiger charge is 2.18. The lowest BCUT2D eigenvalue weighted by Gasteiger charge is -2.10. The van der Waals surface area contributed by atoms with Crippen molar-refractivity contribution in [2.24, 2.45) is 0 Å². The minimum atomic E-state index is -1.12. The summed E-state index contributed by atoms with van der Waals surface area (Å²) >= 11 is 0. The zero-order chi connectivity index (χ0) is 16.0. The molecule has 1 aromatic heterocycles. The molecule has 5 nitrogen and oxygen atoms in total. The van der Waals surface area contributed by atoms with Gasteiger partial charge in [0.2, 0.25) is 5.56 Å². The molecule has 2 aromatic carbocycles. The molecule has 0 saturated heterocycles. The van der Waals surface area contributed by atoms with E-state index in [1.165, 1.54) is 0 Å². The van der Waals surface area contributed by atoms with Crippen LogP contribution in [0.2, 0.25) is 0 Å². The van der Waals surface area contributed by atoms with Crippen molar-refractivity contribution in [3.05, 3.63) is 63.9 Å². The zero-order valence-corrected chi connectivity index (χ0v) is 12.1. The summed E-state index contributed by atoms with van der Waals surface area (Å²) in [7, 11) is 0. The Labute approximate surface area is 131 Å². The molecule has 3 aromatic rings. The van der Waals surface area contributed by atoms with E-state index in [1.54, 1.807) is 12.1 Å². The number of carbonyl (C=O) groups is 1. The first-order valence-corrected chi connectivity index (χ1v) is 7.29. The monoisotopic (exact) mass is 307 g/mol. The third-order valence-corrected chi connectivity index (χ3v) is 4.10. The summed E-state index contributed by atoms with van der Waals surface area (Å²) in [5.41, 5.74) is 3.04. The van der Waals surface area contributed by atoms with Gasteiger partial charge in [0.15, 0.2) is 0 Å². The molecule has 2 heterocycles. The Morgan fingerprint density at radius 2 is 2.04 bits per heavy atom. The van der Waals surface area contributed by atoms with E-state index in [-0.39, 0.29) is 5.56 Å². The Kier molecular flexibility index (Phi) is 2.94. The average Bonchev–Trinajstić information content (AvgIpc) is 3.02. The third-order valence-electron chi connectivity index (χ3n) is 4.10. The van der Waals surface area contributed by atoms with Gasteiger partial charge in [-0.05, 0) is 23.3 Å². The van der Waals surface area contributed by atoms with Crippen molar-refractivity contribution in [2.45, 2.75) is 6.42 Å². The summed E-state index contributed by atoms with van der Waals surface area (Å²) in [5, 5.41) is 9.85. The van der Waals surface area contributed by atoms with E-state index in [1.807, 2.05) is 24.3 Å². The second-order valence-corrected chi connectivity index (χ2v) is 5.51. The predicted octanol–water partition coefficient (Wildman–Crippen LogP) is 2.83. The van der Waals surface area contributed by atoms with Crippen LogP contribution >= 0.6 is 0 Å². The summed E-state index contributed by atoms with van der Waals surface area (Å²) in [5.74, 6) is -0.263. The van der Waals surface area contributed by atoms with Crippen LogP contribution in [0.4, 0.5) is 0 Å². The molecule has 0 bridgehead atoms. The smallest absolute Gasteiger partial charge is 0.336 e. The van der Waals surface area contributed by atoms with Crippen LogP contribution in [0, 0.1) is 0 Å². The molecule has 1 aliphatic rings. The van der Waals surface area contributed by atoms with E-state index in [4.69, 9.17) is 4.74 Å². The number of H-pyrrole nitrogens is 1. The van der Waals surface area contributed by atoms with Gasteiger partial charge in [-0.2, -0.15) is 0 Å². The minimum absolute atomic E-state index is 0.000838. The molecule has 0 spiro atoms. The number of para-hydroxylation sites is 1. The van der Waals surface area contributed by atoms with Gasteiger partial charge < -0.3 is 14.8 Å². The normalized spacial score (nSPS) is 12.9. The van der Waals surface area contributed by atoms with Gasteiger partial charge in [0.1, 0.15) is 5.75 Å². The highest BCUT2D eigenvalue weighted by atomic mass is 16.5. The van der Waals surface area contributed by atoms with Gasteiger partial charge in [0.25, 0.3) is 0 Å². The molecule has 1 aliphatic heterocycles.